The Morgan fingerprint density at radius 2 is 2.41 bits per heavy atom. The Hall–Kier alpha value is -2.28. The summed E-state index contributed by atoms with van der Waals surface area (Å²) in [5, 5.41) is 2.61. The van der Waals surface area contributed by atoms with E-state index in [1.165, 1.54) is 12.3 Å². The second-order valence-electron chi connectivity index (χ2n) is 5.10. The largest absolute Gasteiger partial charge is 0.369 e. The normalized spacial score (nSPS) is 21.0. The second kappa shape index (κ2) is 6.23. The van der Waals surface area contributed by atoms with Gasteiger partial charge in [0.25, 0.3) is 0 Å². The van der Waals surface area contributed by atoms with Crippen LogP contribution in [0.4, 0.5) is 10.1 Å². The van der Waals surface area contributed by atoms with Gasteiger partial charge in [0.1, 0.15) is 11.9 Å². The van der Waals surface area contributed by atoms with Crippen LogP contribution in [0.2, 0.25) is 0 Å². The third-order valence-electron chi connectivity index (χ3n) is 3.80. The molecule has 3 rings (SSSR count). The molecule has 0 radical (unpaired) electrons. The average Bonchev–Trinajstić information content (AvgIpc) is 3.17. The number of anilines is 1. The summed E-state index contributed by atoms with van der Waals surface area (Å²) >= 11 is 0. The molecule has 0 saturated carbocycles. The number of hydrogen-bond acceptors (Lipinski definition) is 4. The molecule has 22 heavy (non-hydrogen) atoms. The predicted octanol–water partition coefficient (Wildman–Crippen LogP) is 2.15. The second-order valence-corrected chi connectivity index (χ2v) is 5.10. The first-order valence-corrected chi connectivity index (χ1v) is 7.23. The Labute approximate surface area is 127 Å². The molecule has 7 heteroatoms. The van der Waals surface area contributed by atoms with Crippen molar-refractivity contribution >= 4 is 11.6 Å². The highest BCUT2D eigenvalue weighted by Gasteiger charge is 2.37. The lowest BCUT2D eigenvalue weighted by atomic mass is 9.99. The van der Waals surface area contributed by atoms with Gasteiger partial charge in [-0.2, -0.15) is 0 Å². The Morgan fingerprint density at radius 1 is 1.55 bits per heavy atom. The van der Waals surface area contributed by atoms with Gasteiger partial charge in [0, 0.05) is 31.7 Å². The molecule has 1 aliphatic heterocycles. The summed E-state index contributed by atoms with van der Waals surface area (Å²) in [5.74, 6) is -0.477. The number of nitrogens with one attached hydrogen (secondary N) is 1. The van der Waals surface area contributed by atoms with E-state index < -0.39 is 11.9 Å². The van der Waals surface area contributed by atoms with Crippen molar-refractivity contribution < 1.29 is 13.9 Å². The van der Waals surface area contributed by atoms with E-state index in [1.807, 2.05) is 17.7 Å². The van der Waals surface area contributed by atoms with Crippen LogP contribution in [0, 0.1) is 11.7 Å². The fourth-order valence-corrected chi connectivity index (χ4v) is 2.66. The van der Waals surface area contributed by atoms with Crippen molar-refractivity contribution in [3.8, 4) is 0 Å². The maximum absolute atomic E-state index is 13.6. The molecule has 1 saturated heterocycles. The summed E-state index contributed by atoms with van der Waals surface area (Å²) in [6.07, 6.45) is 6.24. The van der Waals surface area contributed by atoms with Crippen LogP contribution < -0.4 is 5.32 Å². The number of carbonyl (C=O) groups is 1. The van der Waals surface area contributed by atoms with Crippen LogP contribution in [-0.2, 0) is 16.1 Å². The smallest absolute Gasteiger partial charge is 0.230 e. The summed E-state index contributed by atoms with van der Waals surface area (Å²) < 4.78 is 21.2. The van der Waals surface area contributed by atoms with Crippen molar-refractivity contribution in [1.29, 1.82) is 0 Å². The molecule has 1 N–H and O–H groups in total. The first-order valence-electron chi connectivity index (χ1n) is 7.23. The van der Waals surface area contributed by atoms with Crippen LogP contribution in [0.3, 0.4) is 0 Å². The summed E-state index contributed by atoms with van der Waals surface area (Å²) in [4.78, 5) is 20.4. The van der Waals surface area contributed by atoms with E-state index in [9.17, 15) is 9.18 Å². The summed E-state index contributed by atoms with van der Waals surface area (Å²) in [7, 11) is 0. The van der Waals surface area contributed by atoms with Crippen LogP contribution in [0.25, 0.3) is 0 Å². The lowest BCUT2D eigenvalue weighted by Gasteiger charge is -2.18. The van der Waals surface area contributed by atoms with Crippen LogP contribution in [0.5, 0.6) is 0 Å². The van der Waals surface area contributed by atoms with Gasteiger partial charge in [0.15, 0.2) is 5.82 Å². The summed E-state index contributed by atoms with van der Waals surface area (Å²) in [5.41, 5.74) is 0.129. The molecular formula is C15H17FN4O2. The maximum Gasteiger partial charge on any atom is 0.230 e. The number of carbonyl (C=O) groups excluding carboxylic acids is 1. The molecule has 2 atom stereocenters. The predicted molar refractivity (Wildman–Crippen MR) is 77.5 cm³/mol. The zero-order valence-corrected chi connectivity index (χ0v) is 12.2. The highest BCUT2D eigenvalue weighted by molar-refractivity contribution is 5.93. The third kappa shape index (κ3) is 2.71. The molecular weight excluding hydrogens is 287 g/mol. The number of rotatable bonds is 4. The van der Waals surface area contributed by atoms with Crippen molar-refractivity contribution in [3.05, 3.63) is 42.5 Å². The molecule has 2 aromatic rings. The number of nitrogens with zero attached hydrogens (tertiary/aromatic N) is 3. The van der Waals surface area contributed by atoms with E-state index in [0.717, 1.165) is 18.6 Å². The van der Waals surface area contributed by atoms with Gasteiger partial charge in [-0.3, -0.25) is 9.78 Å². The molecule has 6 nitrogen and oxygen atoms in total. The minimum Gasteiger partial charge on any atom is -0.369 e. The van der Waals surface area contributed by atoms with E-state index in [1.54, 1.807) is 6.20 Å². The fourth-order valence-electron chi connectivity index (χ4n) is 2.66. The molecule has 0 bridgehead atoms. The van der Waals surface area contributed by atoms with Crippen LogP contribution in [0.15, 0.2) is 30.9 Å². The van der Waals surface area contributed by atoms with Crippen LogP contribution in [0.1, 0.15) is 25.3 Å². The Kier molecular flexibility index (Phi) is 4.15. The minimum atomic E-state index is -0.554. The standard InChI is InChI=1S/C15H17FN4O2/c1-2-20-7-6-18-14(20)13-10(4-8-22-13)15(21)19-12-3-5-17-9-11(12)16/h3,5-7,9-10,13H,2,4,8H2,1H3,(H,17,19,21)/t10-,13-/m1/s1. The van der Waals surface area contributed by atoms with E-state index in [4.69, 9.17) is 4.74 Å². The van der Waals surface area contributed by atoms with Gasteiger partial charge in [0.2, 0.25) is 5.91 Å². The maximum atomic E-state index is 13.6. The molecule has 1 amide bonds. The zero-order chi connectivity index (χ0) is 15.5. The highest BCUT2D eigenvalue weighted by atomic mass is 19.1. The van der Waals surface area contributed by atoms with Crippen molar-refractivity contribution in [1.82, 2.24) is 14.5 Å². The number of aromatic nitrogens is 3. The molecule has 0 spiro atoms. The Bertz CT molecular complexity index is 673. The zero-order valence-electron chi connectivity index (χ0n) is 12.2. The van der Waals surface area contributed by atoms with Gasteiger partial charge < -0.3 is 14.6 Å². The highest BCUT2D eigenvalue weighted by Crippen LogP contribution is 2.34. The Balaban J connectivity index is 1.78. The topological polar surface area (TPSA) is 69.0 Å². The average molecular weight is 304 g/mol. The molecule has 1 fully saturated rings. The molecule has 3 heterocycles. The van der Waals surface area contributed by atoms with Gasteiger partial charge in [0.05, 0.1) is 17.8 Å². The van der Waals surface area contributed by atoms with Gasteiger partial charge >= 0.3 is 0 Å². The molecule has 1 aliphatic rings. The fraction of sp³-hybridized carbons (Fsp3) is 0.400. The monoisotopic (exact) mass is 304 g/mol. The number of pyridine rings is 1. The number of hydrogen-bond donors (Lipinski definition) is 1. The lowest BCUT2D eigenvalue weighted by Crippen LogP contribution is -2.27. The summed E-state index contributed by atoms with van der Waals surface area (Å²) in [6.45, 7) is 3.24. The number of amides is 1. The minimum absolute atomic E-state index is 0.129. The molecule has 0 aromatic carbocycles. The first-order chi connectivity index (χ1) is 10.7. The van der Waals surface area contributed by atoms with Gasteiger partial charge in [-0.1, -0.05) is 0 Å². The summed E-state index contributed by atoms with van der Waals surface area (Å²) in [6, 6.07) is 1.44. The van der Waals surface area contributed by atoms with Crippen molar-refractivity contribution in [2.45, 2.75) is 26.0 Å². The van der Waals surface area contributed by atoms with Crippen LogP contribution >= 0.6 is 0 Å². The van der Waals surface area contributed by atoms with E-state index in [0.29, 0.717) is 13.0 Å². The van der Waals surface area contributed by atoms with Gasteiger partial charge in [-0.15, -0.1) is 0 Å². The number of aryl methyl sites for hydroxylation is 1. The van der Waals surface area contributed by atoms with Crippen molar-refractivity contribution in [3.63, 3.8) is 0 Å². The third-order valence-corrected chi connectivity index (χ3v) is 3.80. The SMILES string of the molecule is CCn1ccnc1[C@@H]1OCC[C@H]1C(=O)Nc1ccncc1F. The van der Waals surface area contributed by atoms with Gasteiger partial charge in [-0.05, 0) is 19.4 Å². The van der Waals surface area contributed by atoms with Crippen molar-refractivity contribution in [2.75, 3.05) is 11.9 Å². The van der Waals surface area contributed by atoms with Gasteiger partial charge in [-0.25, -0.2) is 9.37 Å². The van der Waals surface area contributed by atoms with E-state index >= 15 is 0 Å². The molecule has 0 aliphatic carbocycles. The molecule has 2 aromatic heterocycles. The lowest BCUT2D eigenvalue weighted by molar-refractivity contribution is -0.121. The molecule has 116 valence electrons. The number of ether oxygens (including phenoxy) is 1. The van der Waals surface area contributed by atoms with E-state index in [2.05, 4.69) is 15.3 Å². The number of imidazole rings is 1. The Morgan fingerprint density at radius 3 is 3.18 bits per heavy atom. The van der Waals surface area contributed by atoms with E-state index in [-0.39, 0.29) is 17.5 Å². The first kappa shape index (κ1) is 14.6. The number of halogens is 1. The molecule has 0 unspecified atom stereocenters. The van der Waals surface area contributed by atoms with Crippen molar-refractivity contribution in [2.24, 2.45) is 5.92 Å². The quantitative estimate of drug-likeness (QED) is 0.939. The van der Waals surface area contributed by atoms with Crippen LogP contribution in [-0.4, -0.2) is 27.0 Å².